The van der Waals surface area contributed by atoms with Crippen LogP contribution in [0, 0.1) is 35.5 Å². The first kappa shape index (κ1) is 12.0. The van der Waals surface area contributed by atoms with Gasteiger partial charge in [0.2, 0.25) is 5.82 Å². The Bertz CT molecular complexity index is 449. The molecule has 0 bridgehead atoms. The average molecular weight is 247 g/mol. The molecule has 1 aromatic rings. The van der Waals surface area contributed by atoms with E-state index in [1.807, 2.05) is 0 Å². The van der Waals surface area contributed by atoms with Gasteiger partial charge in [-0.05, 0) is 5.92 Å². The van der Waals surface area contributed by atoms with E-state index in [-0.39, 0.29) is 12.8 Å². The van der Waals surface area contributed by atoms with E-state index in [1.54, 1.807) is 18.6 Å². The number of hydrogen-bond acceptors (Lipinski definition) is 0. The Morgan fingerprint density at radius 2 is 1.41 bits per heavy atom. The third-order valence-electron chi connectivity index (χ3n) is 2.77. The third-order valence-corrected chi connectivity index (χ3v) is 2.77. The zero-order valence-corrected chi connectivity index (χ0v) is 8.61. The zero-order valence-electron chi connectivity index (χ0n) is 8.61. The number of hydrogen-bond donors (Lipinski definition) is 0. The summed E-state index contributed by atoms with van der Waals surface area (Å²) in [6.07, 6.45) is 5.48. The van der Waals surface area contributed by atoms with Crippen LogP contribution in [-0.4, -0.2) is 0 Å². The summed E-state index contributed by atoms with van der Waals surface area (Å²) >= 11 is 0. The van der Waals surface area contributed by atoms with Gasteiger partial charge in [-0.25, -0.2) is 40.5 Å². The van der Waals surface area contributed by atoms with Gasteiger partial charge in [-0.3, -0.25) is 0 Å². The lowest BCUT2D eigenvalue weighted by atomic mass is 9.87. The van der Waals surface area contributed by atoms with Gasteiger partial charge >= 0.3 is 0 Å². The van der Waals surface area contributed by atoms with Crippen molar-refractivity contribution in [1.82, 2.24) is 0 Å². The topological polar surface area (TPSA) is 0 Å². The summed E-state index contributed by atoms with van der Waals surface area (Å²) in [7, 11) is 0. The molecule has 0 fully saturated rings. The first-order valence-electron chi connectivity index (χ1n) is 5.03. The van der Waals surface area contributed by atoms with E-state index in [0.717, 1.165) is 0 Å². The van der Waals surface area contributed by atoms with Gasteiger partial charge in [0.15, 0.2) is 23.3 Å². The van der Waals surface area contributed by atoms with Crippen molar-refractivity contribution in [1.29, 1.82) is 0 Å². The minimum Gasteiger partial charge on any atom is -0.232 e. The predicted molar refractivity (Wildman–Crippen MR) is 51.6 cm³/mol. The maximum absolute atomic E-state index is 13.4. The smallest absolute Gasteiger partial charge is 0.200 e. The van der Waals surface area contributed by atoms with E-state index in [9.17, 15) is 22.0 Å². The van der Waals surface area contributed by atoms with Crippen molar-refractivity contribution in [3.05, 3.63) is 53.2 Å². The molecule has 0 nitrogen and oxygen atoms in total. The zero-order chi connectivity index (χ0) is 12.6. The van der Waals surface area contributed by atoms with Gasteiger partial charge in [-0.15, -0.1) is 0 Å². The van der Waals surface area contributed by atoms with Crippen LogP contribution in [0.15, 0.2) is 12.2 Å². The largest absolute Gasteiger partial charge is 0.232 e. The van der Waals surface area contributed by atoms with Crippen molar-refractivity contribution >= 4 is 0 Å². The standard InChI is InChI=1S/C12H8F5/c13-8-7(6-4-2-1-3-5-6)9(14)11(16)12(17)10(8)15/h1-3,6H,4-5H2/q-1. The van der Waals surface area contributed by atoms with Crippen molar-refractivity contribution < 1.29 is 22.0 Å². The summed E-state index contributed by atoms with van der Waals surface area (Å²) < 4.78 is 65.6. The van der Waals surface area contributed by atoms with E-state index >= 15 is 0 Å². The summed E-state index contributed by atoms with van der Waals surface area (Å²) in [4.78, 5) is 0. The molecule has 0 aliphatic heterocycles. The lowest BCUT2D eigenvalue weighted by molar-refractivity contribution is 0.362. The van der Waals surface area contributed by atoms with Crippen LogP contribution in [0.2, 0.25) is 0 Å². The summed E-state index contributed by atoms with van der Waals surface area (Å²) in [5, 5.41) is 0. The summed E-state index contributed by atoms with van der Waals surface area (Å²) in [5.41, 5.74) is -0.720. The molecule has 5 heteroatoms. The van der Waals surface area contributed by atoms with Crippen molar-refractivity contribution in [3.63, 3.8) is 0 Å². The normalized spacial score (nSPS) is 19.2. The Morgan fingerprint density at radius 3 is 1.88 bits per heavy atom. The minimum absolute atomic E-state index is 0.259. The maximum atomic E-state index is 13.4. The van der Waals surface area contributed by atoms with Gasteiger partial charge in [0.25, 0.3) is 0 Å². The molecule has 0 heterocycles. The highest BCUT2D eigenvalue weighted by atomic mass is 19.2. The lowest BCUT2D eigenvalue weighted by Crippen LogP contribution is -2.12. The molecule has 1 atom stereocenters. The Balaban J connectivity index is 2.57. The van der Waals surface area contributed by atoms with Gasteiger partial charge in [-0.2, -0.15) is 0 Å². The molecule has 0 amide bonds. The second kappa shape index (κ2) is 4.39. The van der Waals surface area contributed by atoms with Gasteiger partial charge in [-0.1, -0.05) is 12.8 Å². The molecule has 1 aromatic carbocycles. The van der Waals surface area contributed by atoms with Gasteiger partial charge < -0.3 is 0 Å². The number of rotatable bonds is 1. The first-order chi connectivity index (χ1) is 8.04. The summed E-state index contributed by atoms with van der Waals surface area (Å²) in [6.45, 7) is 0. The molecule has 0 saturated carbocycles. The van der Waals surface area contributed by atoms with Gasteiger partial charge in [0, 0.05) is 5.56 Å². The van der Waals surface area contributed by atoms with Crippen LogP contribution in [0.4, 0.5) is 22.0 Å². The molecule has 2 rings (SSSR count). The van der Waals surface area contributed by atoms with Crippen LogP contribution < -0.4 is 0 Å². The number of halogens is 5. The van der Waals surface area contributed by atoms with E-state index in [0.29, 0.717) is 0 Å². The lowest BCUT2D eigenvalue weighted by Gasteiger charge is -2.24. The fourth-order valence-electron chi connectivity index (χ4n) is 1.89. The Hall–Kier alpha value is -1.52. The quantitative estimate of drug-likeness (QED) is 0.304. The van der Waals surface area contributed by atoms with Gasteiger partial charge in [0.05, 0.1) is 0 Å². The van der Waals surface area contributed by atoms with Crippen LogP contribution in [0.3, 0.4) is 0 Å². The van der Waals surface area contributed by atoms with E-state index in [2.05, 4.69) is 0 Å². The van der Waals surface area contributed by atoms with Crippen LogP contribution in [0.25, 0.3) is 0 Å². The second-order valence-electron chi connectivity index (χ2n) is 3.82. The van der Waals surface area contributed by atoms with E-state index in [1.165, 1.54) is 0 Å². The number of allylic oxidation sites excluding steroid dienone is 2. The van der Waals surface area contributed by atoms with Crippen molar-refractivity contribution in [2.45, 2.75) is 18.8 Å². The van der Waals surface area contributed by atoms with Crippen molar-refractivity contribution in [2.24, 2.45) is 0 Å². The minimum atomic E-state index is -2.11. The van der Waals surface area contributed by atoms with E-state index in [4.69, 9.17) is 0 Å². The molecule has 1 aliphatic rings. The molecule has 1 aliphatic carbocycles. The highest BCUT2D eigenvalue weighted by Gasteiger charge is 2.28. The van der Waals surface area contributed by atoms with Gasteiger partial charge in [0.1, 0.15) is 0 Å². The third kappa shape index (κ3) is 1.90. The molecular formula is C12H8F5-. The molecular weight excluding hydrogens is 239 g/mol. The fourth-order valence-corrected chi connectivity index (χ4v) is 1.89. The Morgan fingerprint density at radius 1 is 0.882 bits per heavy atom. The molecule has 0 spiro atoms. The van der Waals surface area contributed by atoms with Crippen LogP contribution in [0.1, 0.15) is 24.3 Å². The molecule has 0 N–H and O–H groups in total. The van der Waals surface area contributed by atoms with Crippen molar-refractivity contribution in [2.75, 3.05) is 0 Å². The second-order valence-corrected chi connectivity index (χ2v) is 3.82. The van der Waals surface area contributed by atoms with Crippen LogP contribution in [0.5, 0.6) is 0 Å². The molecule has 0 radical (unpaired) electrons. The first-order valence-corrected chi connectivity index (χ1v) is 5.03. The summed E-state index contributed by atoms with van der Waals surface area (Å²) in [5.74, 6) is -10.0. The molecule has 17 heavy (non-hydrogen) atoms. The summed E-state index contributed by atoms with van der Waals surface area (Å²) in [6, 6.07) is 0. The molecule has 0 aromatic heterocycles. The highest BCUT2D eigenvalue weighted by molar-refractivity contribution is 5.29. The SMILES string of the molecule is Fc1c(F)c(F)c(C2CC=C[CH-]C2)c(F)c1F. The maximum Gasteiger partial charge on any atom is 0.200 e. The molecule has 0 saturated heterocycles. The highest BCUT2D eigenvalue weighted by Crippen LogP contribution is 2.35. The molecule has 1 unspecified atom stereocenters. The monoisotopic (exact) mass is 247 g/mol. The molecule has 92 valence electrons. The van der Waals surface area contributed by atoms with Crippen LogP contribution >= 0.6 is 0 Å². The number of benzene rings is 1. The van der Waals surface area contributed by atoms with Crippen molar-refractivity contribution in [3.8, 4) is 0 Å². The van der Waals surface area contributed by atoms with Crippen LogP contribution in [-0.2, 0) is 0 Å². The Labute approximate surface area is 94.8 Å². The Kier molecular flexibility index (Phi) is 3.09. The average Bonchev–Trinajstić information content (AvgIpc) is 2.36. The predicted octanol–water partition coefficient (Wildman–Crippen LogP) is 4.02. The van der Waals surface area contributed by atoms with E-state index < -0.39 is 40.6 Å². The fraction of sp³-hybridized carbons (Fsp3) is 0.250.